The molecule has 2 aliphatic rings. The van der Waals surface area contributed by atoms with Gasteiger partial charge < -0.3 is 4.74 Å². The van der Waals surface area contributed by atoms with Crippen LogP contribution in [0.15, 0.2) is 18.2 Å². The standard InChI is InChI=1S/C22H32O2/c1-5-12-22(15(3)23)13-11-19-18-10-8-17(24-4)14-16(18)7-9-20(19)21(22)6-2/h8,10,14,19-21H,5-7,9,11-13H2,1-4H3/t19-,20-,21+,22-/m1/s1. The van der Waals surface area contributed by atoms with Gasteiger partial charge in [0.15, 0.2) is 0 Å². The van der Waals surface area contributed by atoms with E-state index < -0.39 is 0 Å². The Bertz CT molecular complexity index is 606. The lowest BCUT2D eigenvalue weighted by atomic mass is 9.51. The summed E-state index contributed by atoms with van der Waals surface area (Å²) in [5, 5.41) is 0. The summed E-state index contributed by atoms with van der Waals surface area (Å²) in [6, 6.07) is 6.63. The Morgan fingerprint density at radius 2 is 2.08 bits per heavy atom. The second-order valence-electron chi connectivity index (χ2n) is 7.89. The summed E-state index contributed by atoms with van der Waals surface area (Å²) in [6.07, 6.45) is 7.90. The highest BCUT2D eigenvalue weighted by Crippen LogP contribution is 2.57. The molecule has 0 aliphatic heterocycles. The molecule has 2 heteroatoms. The highest BCUT2D eigenvalue weighted by Gasteiger charge is 2.51. The summed E-state index contributed by atoms with van der Waals surface area (Å²) in [4.78, 5) is 12.7. The number of fused-ring (bicyclic) bond motifs is 3. The maximum absolute atomic E-state index is 12.7. The van der Waals surface area contributed by atoms with Gasteiger partial charge in [-0.05, 0) is 80.0 Å². The largest absolute Gasteiger partial charge is 0.497 e. The molecule has 2 aliphatic carbocycles. The van der Waals surface area contributed by atoms with Crippen LogP contribution in [0.2, 0.25) is 0 Å². The van der Waals surface area contributed by atoms with Crippen LogP contribution >= 0.6 is 0 Å². The number of carbonyl (C=O) groups excluding carboxylic acids is 1. The minimum atomic E-state index is -0.0609. The third-order valence-corrected chi connectivity index (χ3v) is 6.98. The predicted molar refractivity (Wildman–Crippen MR) is 98.6 cm³/mol. The summed E-state index contributed by atoms with van der Waals surface area (Å²) in [5.41, 5.74) is 2.93. The van der Waals surface area contributed by atoms with Gasteiger partial charge in [-0.25, -0.2) is 0 Å². The van der Waals surface area contributed by atoms with Crippen molar-refractivity contribution >= 4 is 5.78 Å². The van der Waals surface area contributed by atoms with E-state index in [1.807, 2.05) is 6.92 Å². The Labute approximate surface area is 147 Å². The summed E-state index contributed by atoms with van der Waals surface area (Å²) in [7, 11) is 1.74. The molecule has 4 atom stereocenters. The first kappa shape index (κ1) is 17.5. The Kier molecular flexibility index (Phi) is 5.03. The van der Waals surface area contributed by atoms with Crippen LogP contribution in [0.1, 0.15) is 76.3 Å². The maximum Gasteiger partial charge on any atom is 0.136 e. The number of ether oxygens (including phenoxy) is 1. The van der Waals surface area contributed by atoms with E-state index in [1.54, 1.807) is 7.11 Å². The zero-order chi connectivity index (χ0) is 17.3. The number of aryl methyl sites for hydroxylation is 1. The molecule has 3 rings (SSSR count). The second kappa shape index (κ2) is 6.90. The van der Waals surface area contributed by atoms with Gasteiger partial charge in [0.25, 0.3) is 0 Å². The third kappa shape index (κ3) is 2.68. The lowest BCUT2D eigenvalue weighted by Gasteiger charge is -2.52. The topological polar surface area (TPSA) is 26.3 Å². The molecule has 1 aromatic rings. The van der Waals surface area contributed by atoms with Gasteiger partial charge in [-0.1, -0.05) is 32.8 Å². The summed E-state index contributed by atoms with van der Waals surface area (Å²) in [6.45, 7) is 6.37. The summed E-state index contributed by atoms with van der Waals surface area (Å²) >= 11 is 0. The quantitative estimate of drug-likeness (QED) is 0.709. The van der Waals surface area contributed by atoms with Crippen LogP contribution in [0.3, 0.4) is 0 Å². The van der Waals surface area contributed by atoms with Gasteiger partial charge in [-0.3, -0.25) is 4.79 Å². The van der Waals surface area contributed by atoms with Gasteiger partial charge in [0.2, 0.25) is 0 Å². The fourth-order valence-corrected chi connectivity index (χ4v) is 5.96. The van der Waals surface area contributed by atoms with E-state index >= 15 is 0 Å². The van der Waals surface area contributed by atoms with Crippen molar-refractivity contribution < 1.29 is 9.53 Å². The highest BCUT2D eigenvalue weighted by molar-refractivity contribution is 5.83. The van der Waals surface area contributed by atoms with Crippen molar-refractivity contribution in [3.05, 3.63) is 29.3 Å². The average molecular weight is 328 g/mol. The van der Waals surface area contributed by atoms with Crippen LogP contribution in [0.25, 0.3) is 0 Å². The fourth-order valence-electron chi connectivity index (χ4n) is 5.96. The van der Waals surface area contributed by atoms with Gasteiger partial charge in [0.1, 0.15) is 11.5 Å². The summed E-state index contributed by atoms with van der Waals surface area (Å²) < 4.78 is 5.41. The van der Waals surface area contributed by atoms with Crippen LogP contribution < -0.4 is 4.74 Å². The number of carbonyl (C=O) groups is 1. The van der Waals surface area contributed by atoms with Gasteiger partial charge in [-0.2, -0.15) is 0 Å². The Morgan fingerprint density at radius 1 is 1.29 bits per heavy atom. The van der Waals surface area contributed by atoms with Crippen molar-refractivity contribution in [2.24, 2.45) is 17.3 Å². The number of hydrogen-bond donors (Lipinski definition) is 0. The zero-order valence-electron chi connectivity index (χ0n) is 15.7. The number of Topliss-reactive ketones (excluding diaryl/α,β-unsaturated/α-hetero) is 1. The summed E-state index contributed by atoms with van der Waals surface area (Å²) in [5.74, 6) is 3.26. The van der Waals surface area contributed by atoms with Crippen LogP contribution in [-0.2, 0) is 11.2 Å². The minimum absolute atomic E-state index is 0.0609. The molecule has 0 amide bonds. The number of rotatable bonds is 5. The van der Waals surface area contributed by atoms with E-state index in [4.69, 9.17) is 4.74 Å². The van der Waals surface area contributed by atoms with Gasteiger partial charge in [-0.15, -0.1) is 0 Å². The Balaban J connectivity index is 1.96. The first-order valence-corrected chi connectivity index (χ1v) is 9.75. The molecule has 2 nitrogen and oxygen atoms in total. The van der Waals surface area contributed by atoms with E-state index in [-0.39, 0.29) is 5.41 Å². The van der Waals surface area contributed by atoms with Gasteiger partial charge in [0.05, 0.1) is 7.11 Å². The maximum atomic E-state index is 12.7. The second-order valence-corrected chi connectivity index (χ2v) is 7.89. The van der Waals surface area contributed by atoms with Crippen LogP contribution in [0.4, 0.5) is 0 Å². The first-order chi connectivity index (χ1) is 11.6. The molecule has 1 aromatic carbocycles. The Hall–Kier alpha value is -1.31. The molecule has 0 spiro atoms. The van der Waals surface area contributed by atoms with E-state index in [9.17, 15) is 4.79 Å². The van der Waals surface area contributed by atoms with Crippen molar-refractivity contribution in [2.75, 3.05) is 7.11 Å². The normalized spacial score (nSPS) is 31.9. The van der Waals surface area contributed by atoms with E-state index in [0.717, 1.165) is 37.9 Å². The molecule has 0 N–H and O–H groups in total. The third-order valence-electron chi connectivity index (χ3n) is 6.98. The zero-order valence-corrected chi connectivity index (χ0v) is 15.7. The first-order valence-electron chi connectivity index (χ1n) is 9.75. The lowest BCUT2D eigenvalue weighted by molar-refractivity contribution is -0.136. The Morgan fingerprint density at radius 3 is 2.71 bits per heavy atom. The molecule has 1 fully saturated rings. The number of benzene rings is 1. The SMILES string of the molecule is CCC[C@]1(C(C)=O)CC[C@@H]2c3ccc(OC)cc3CC[C@H]2[C@@H]1CC. The van der Waals surface area contributed by atoms with E-state index in [2.05, 4.69) is 32.0 Å². The number of hydrogen-bond acceptors (Lipinski definition) is 2. The highest BCUT2D eigenvalue weighted by atomic mass is 16.5. The number of ketones is 1. The predicted octanol–water partition coefficient (Wildman–Crippen LogP) is 5.54. The lowest BCUT2D eigenvalue weighted by Crippen LogP contribution is -2.47. The van der Waals surface area contributed by atoms with Crippen molar-refractivity contribution in [1.82, 2.24) is 0 Å². The smallest absolute Gasteiger partial charge is 0.136 e. The fraction of sp³-hybridized carbons (Fsp3) is 0.682. The molecule has 0 radical (unpaired) electrons. The van der Waals surface area contributed by atoms with Crippen molar-refractivity contribution in [2.45, 2.75) is 71.6 Å². The molecule has 1 saturated carbocycles. The molecule has 0 bridgehead atoms. The molecule has 0 unspecified atom stereocenters. The average Bonchev–Trinajstić information content (AvgIpc) is 2.60. The number of methoxy groups -OCH3 is 1. The monoisotopic (exact) mass is 328 g/mol. The van der Waals surface area contributed by atoms with Crippen LogP contribution in [0.5, 0.6) is 5.75 Å². The molecular weight excluding hydrogens is 296 g/mol. The van der Waals surface area contributed by atoms with Crippen molar-refractivity contribution in [3.8, 4) is 5.75 Å². The molecular formula is C22H32O2. The van der Waals surface area contributed by atoms with E-state index in [1.165, 1.54) is 24.0 Å². The molecule has 24 heavy (non-hydrogen) atoms. The van der Waals surface area contributed by atoms with Crippen LogP contribution in [-0.4, -0.2) is 12.9 Å². The molecule has 0 heterocycles. The molecule has 132 valence electrons. The molecule has 0 saturated heterocycles. The van der Waals surface area contributed by atoms with Crippen molar-refractivity contribution in [1.29, 1.82) is 0 Å². The van der Waals surface area contributed by atoms with E-state index in [0.29, 0.717) is 23.5 Å². The van der Waals surface area contributed by atoms with Gasteiger partial charge >= 0.3 is 0 Å². The minimum Gasteiger partial charge on any atom is -0.497 e. The molecule has 0 aromatic heterocycles. The van der Waals surface area contributed by atoms with Crippen molar-refractivity contribution in [3.63, 3.8) is 0 Å². The van der Waals surface area contributed by atoms with Crippen LogP contribution in [0, 0.1) is 17.3 Å². The van der Waals surface area contributed by atoms with Gasteiger partial charge in [0, 0.05) is 5.41 Å².